The summed E-state index contributed by atoms with van der Waals surface area (Å²) in [6.07, 6.45) is 2.03. The first-order chi connectivity index (χ1) is 12.2. The number of anilines is 1. The van der Waals surface area contributed by atoms with Gasteiger partial charge >= 0.3 is 0 Å². The van der Waals surface area contributed by atoms with E-state index in [1.807, 2.05) is 11.8 Å². The van der Waals surface area contributed by atoms with Crippen LogP contribution in [0.5, 0.6) is 0 Å². The number of ether oxygens (including phenoxy) is 1. The van der Waals surface area contributed by atoms with Gasteiger partial charge < -0.3 is 14.5 Å². The second-order valence-electron chi connectivity index (χ2n) is 7.05. The molecule has 0 aliphatic carbocycles. The van der Waals surface area contributed by atoms with Crippen molar-refractivity contribution < 1.29 is 9.53 Å². The van der Waals surface area contributed by atoms with E-state index < -0.39 is 0 Å². The molecule has 1 amide bonds. The largest absolute Gasteiger partial charge is 0.368 e. The standard InChI is InChI=1S/C17H27N5O2S/c1-13-12-25-17(19-13)22-5-4-18-15(11-22)20-6-8-21(9-7-20)16(23)14-3-2-10-24-14/h12,14-15,18H,2-11H2,1H3. The molecule has 0 saturated carbocycles. The number of rotatable bonds is 3. The first-order valence-electron chi connectivity index (χ1n) is 9.25. The summed E-state index contributed by atoms with van der Waals surface area (Å²) in [5.74, 6) is 0.189. The van der Waals surface area contributed by atoms with Crippen LogP contribution in [0, 0.1) is 6.92 Å². The zero-order chi connectivity index (χ0) is 17.2. The van der Waals surface area contributed by atoms with E-state index in [1.54, 1.807) is 11.3 Å². The van der Waals surface area contributed by atoms with E-state index in [9.17, 15) is 4.79 Å². The Morgan fingerprint density at radius 1 is 1.32 bits per heavy atom. The zero-order valence-corrected chi connectivity index (χ0v) is 15.6. The molecule has 7 nitrogen and oxygen atoms in total. The highest BCUT2D eigenvalue weighted by Gasteiger charge is 2.33. The van der Waals surface area contributed by atoms with E-state index in [0.29, 0.717) is 6.17 Å². The molecular weight excluding hydrogens is 338 g/mol. The fourth-order valence-electron chi connectivity index (χ4n) is 3.87. The Hall–Kier alpha value is -1.22. The van der Waals surface area contributed by atoms with E-state index >= 15 is 0 Å². The minimum absolute atomic E-state index is 0.189. The van der Waals surface area contributed by atoms with Crippen LogP contribution in [-0.4, -0.2) is 85.4 Å². The number of nitrogens with one attached hydrogen (secondary N) is 1. The lowest BCUT2D eigenvalue weighted by Gasteiger charge is -2.44. The molecule has 0 bridgehead atoms. The maximum absolute atomic E-state index is 12.5. The predicted octanol–water partition coefficient (Wildman–Crippen LogP) is 0.510. The summed E-state index contributed by atoms with van der Waals surface area (Å²) in [4.78, 5) is 23.9. The van der Waals surface area contributed by atoms with E-state index in [4.69, 9.17) is 4.74 Å². The summed E-state index contributed by atoms with van der Waals surface area (Å²) in [5.41, 5.74) is 1.09. The molecule has 138 valence electrons. The van der Waals surface area contributed by atoms with Gasteiger partial charge in [-0.1, -0.05) is 0 Å². The van der Waals surface area contributed by atoms with Crippen LogP contribution in [-0.2, 0) is 9.53 Å². The van der Waals surface area contributed by atoms with Crippen LogP contribution in [0.2, 0.25) is 0 Å². The number of aromatic nitrogens is 1. The van der Waals surface area contributed by atoms with Gasteiger partial charge in [-0.15, -0.1) is 11.3 Å². The number of aryl methyl sites for hydroxylation is 1. The minimum Gasteiger partial charge on any atom is -0.368 e. The van der Waals surface area contributed by atoms with Gasteiger partial charge in [-0.25, -0.2) is 4.98 Å². The Morgan fingerprint density at radius 2 is 2.16 bits per heavy atom. The highest BCUT2D eigenvalue weighted by molar-refractivity contribution is 7.13. The lowest BCUT2D eigenvalue weighted by Crippen LogP contribution is -2.63. The van der Waals surface area contributed by atoms with Crippen molar-refractivity contribution in [3.63, 3.8) is 0 Å². The average molecular weight is 366 g/mol. The number of hydrogen-bond acceptors (Lipinski definition) is 7. The number of hydrogen-bond donors (Lipinski definition) is 1. The van der Waals surface area contributed by atoms with Gasteiger partial charge in [0.1, 0.15) is 6.10 Å². The number of carbonyl (C=O) groups is 1. The summed E-state index contributed by atoms with van der Waals surface area (Å²) in [6, 6.07) is 0. The van der Waals surface area contributed by atoms with Crippen LogP contribution < -0.4 is 10.2 Å². The molecule has 3 aliphatic rings. The van der Waals surface area contributed by atoms with Crippen molar-refractivity contribution in [1.82, 2.24) is 20.1 Å². The minimum atomic E-state index is -0.192. The van der Waals surface area contributed by atoms with Crippen molar-refractivity contribution >= 4 is 22.4 Å². The summed E-state index contributed by atoms with van der Waals surface area (Å²) < 4.78 is 5.55. The number of piperazine rings is 2. The predicted molar refractivity (Wildman–Crippen MR) is 98.0 cm³/mol. The smallest absolute Gasteiger partial charge is 0.251 e. The molecule has 0 radical (unpaired) electrons. The first kappa shape index (κ1) is 17.2. The van der Waals surface area contributed by atoms with Crippen LogP contribution in [0.3, 0.4) is 0 Å². The Kier molecular flexibility index (Phi) is 5.21. The summed E-state index contributed by atoms with van der Waals surface area (Å²) >= 11 is 1.72. The molecule has 2 unspecified atom stereocenters. The molecule has 0 spiro atoms. The van der Waals surface area contributed by atoms with Crippen molar-refractivity contribution in [3.8, 4) is 0 Å². The molecule has 2 atom stereocenters. The summed E-state index contributed by atoms with van der Waals surface area (Å²) in [5, 5.41) is 6.86. The molecule has 1 aromatic rings. The van der Waals surface area contributed by atoms with Crippen LogP contribution in [0.4, 0.5) is 5.13 Å². The molecule has 25 heavy (non-hydrogen) atoms. The molecule has 3 saturated heterocycles. The molecule has 8 heteroatoms. The van der Waals surface area contributed by atoms with Crippen LogP contribution in [0.25, 0.3) is 0 Å². The van der Waals surface area contributed by atoms with E-state index in [-0.39, 0.29) is 12.0 Å². The summed E-state index contributed by atoms with van der Waals surface area (Å²) in [6.45, 7) is 9.13. The van der Waals surface area contributed by atoms with Crippen molar-refractivity contribution in [2.75, 3.05) is 57.3 Å². The van der Waals surface area contributed by atoms with E-state index in [1.165, 1.54) is 0 Å². The third-order valence-electron chi connectivity index (χ3n) is 5.30. The molecule has 3 fully saturated rings. The monoisotopic (exact) mass is 365 g/mol. The number of nitrogens with zero attached hydrogens (tertiary/aromatic N) is 4. The molecule has 1 aromatic heterocycles. The lowest BCUT2D eigenvalue weighted by molar-refractivity contribution is -0.143. The highest BCUT2D eigenvalue weighted by Crippen LogP contribution is 2.22. The van der Waals surface area contributed by atoms with Gasteiger partial charge in [0, 0.05) is 57.8 Å². The Morgan fingerprint density at radius 3 is 2.84 bits per heavy atom. The molecular formula is C17H27N5O2S. The topological polar surface area (TPSA) is 60.9 Å². The number of amides is 1. The Bertz CT molecular complexity index is 596. The zero-order valence-electron chi connectivity index (χ0n) is 14.8. The molecule has 3 aliphatic heterocycles. The molecule has 1 N–H and O–H groups in total. The van der Waals surface area contributed by atoms with Crippen molar-refractivity contribution in [2.45, 2.75) is 32.0 Å². The fraction of sp³-hybridized carbons (Fsp3) is 0.765. The van der Waals surface area contributed by atoms with Crippen molar-refractivity contribution in [3.05, 3.63) is 11.1 Å². The maximum atomic E-state index is 12.5. The first-order valence-corrected chi connectivity index (χ1v) is 10.1. The average Bonchev–Trinajstić information content (AvgIpc) is 3.33. The van der Waals surface area contributed by atoms with Crippen molar-refractivity contribution in [2.24, 2.45) is 0 Å². The van der Waals surface area contributed by atoms with Gasteiger partial charge in [0.2, 0.25) is 0 Å². The van der Waals surface area contributed by atoms with Gasteiger partial charge in [-0.3, -0.25) is 15.0 Å². The Labute approximate surface area is 152 Å². The third-order valence-corrected chi connectivity index (χ3v) is 6.32. The normalized spacial score (nSPS) is 28.5. The van der Waals surface area contributed by atoms with Crippen molar-refractivity contribution in [1.29, 1.82) is 0 Å². The SMILES string of the molecule is Cc1csc(N2CCNC(N3CCN(C(=O)C4CCCO4)CC3)C2)n1. The number of carbonyl (C=O) groups excluding carboxylic acids is 1. The number of thiazole rings is 1. The van der Waals surface area contributed by atoms with Gasteiger partial charge in [-0.2, -0.15) is 0 Å². The molecule has 0 aromatic carbocycles. The van der Waals surface area contributed by atoms with Gasteiger partial charge in [0.05, 0.1) is 11.9 Å². The van der Waals surface area contributed by atoms with Gasteiger partial charge in [-0.05, 0) is 19.8 Å². The lowest BCUT2D eigenvalue weighted by atomic mass is 10.2. The van der Waals surface area contributed by atoms with E-state index in [2.05, 4.69) is 25.5 Å². The van der Waals surface area contributed by atoms with Gasteiger partial charge in [0.15, 0.2) is 5.13 Å². The van der Waals surface area contributed by atoms with Crippen LogP contribution in [0.1, 0.15) is 18.5 Å². The highest BCUT2D eigenvalue weighted by atomic mass is 32.1. The van der Waals surface area contributed by atoms with Gasteiger partial charge in [0.25, 0.3) is 5.91 Å². The summed E-state index contributed by atoms with van der Waals surface area (Å²) in [7, 11) is 0. The second kappa shape index (κ2) is 7.57. The van der Waals surface area contributed by atoms with Crippen LogP contribution in [0.15, 0.2) is 5.38 Å². The third kappa shape index (κ3) is 3.81. The second-order valence-corrected chi connectivity index (χ2v) is 7.89. The van der Waals surface area contributed by atoms with Crippen LogP contribution >= 0.6 is 11.3 Å². The maximum Gasteiger partial charge on any atom is 0.251 e. The van der Waals surface area contributed by atoms with E-state index in [0.717, 1.165) is 76.1 Å². The molecule has 4 rings (SSSR count). The molecule has 4 heterocycles. The quantitative estimate of drug-likeness (QED) is 0.842. The fourth-order valence-corrected chi connectivity index (χ4v) is 4.71. The Balaban J connectivity index is 1.30.